The van der Waals surface area contributed by atoms with Crippen molar-refractivity contribution in [2.45, 2.75) is 108 Å². The second kappa shape index (κ2) is 7.65. The van der Waals surface area contributed by atoms with E-state index in [9.17, 15) is 9.59 Å². The van der Waals surface area contributed by atoms with Gasteiger partial charge >= 0.3 is 0 Å². The van der Waals surface area contributed by atoms with Crippen LogP contribution in [0.15, 0.2) is 0 Å². The first-order chi connectivity index (χ1) is 13.6. The normalized spacial score (nSPS) is 41.6. The SMILES string of the molecule is O=C(CCCC(=O)N1CCCC2CCCCC21)NC12CC3CC(CC(C3)C1)C2. The third-order valence-corrected chi connectivity index (χ3v) is 8.80. The van der Waals surface area contributed by atoms with Crippen LogP contribution < -0.4 is 5.32 Å². The maximum absolute atomic E-state index is 12.8. The maximum Gasteiger partial charge on any atom is 0.222 e. The molecule has 0 radical (unpaired) electrons. The van der Waals surface area contributed by atoms with Gasteiger partial charge in [-0.2, -0.15) is 0 Å². The van der Waals surface area contributed by atoms with Crippen molar-refractivity contribution in [3.05, 3.63) is 0 Å². The molecule has 5 saturated carbocycles. The molecule has 1 aliphatic heterocycles. The van der Waals surface area contributed by atoms with Crippen LogP contribution in [0, 0.1) is 23.7 Å². The second-order valence-corrected chi connectivity index (χ2v) is 10.9. The molecule has 6 fully saturated rings. The molecule has 156 valence electrons. The van der Waals surface area contributed by atoms with Crippen molar-refractivity contribution in [1.29, 1.82) is 0 Å². The number of nitrogens with one attached hydrogen (secondary N) is 1. The summed E-state index contributed by atoms with van der Waals surface area (Å²) in [5, 5.41) is 3.46. The molecule has 2 amide bonds. The number of hydrogen-bond donors (Lipinski definition) is 1. The van der Waals surface area contributed by atoms with Crippen molar-refractivity contribution < 1.29 is 9.59 Å². The molecule has 0 aromatic carbocycles. The molecule has 1 heterocycles. The first-order valence-electron chi connectivity index (χ1n) is 12.2. The Kier molecular flexibility index (Phi) is 5.17. The van der Waals surface area contributed by atoms with E-state index >= 15 is 0 Å². The van der Waals surface area contributed by atoms with E-state index in [4.69, 9.17) is 0 Å². The van der Waals surface area contributed by atoms with Crippen LogP contribution in [0.3, 0.4) is 0 Å². The smallest absolute Gasteiger partial charge is 0.222 e. The van der Waals surface area contributed by atoms with Crippen LogP contribution in [0.1, 0.15) is 96.3 Å². The lowest BCUT2D eigenvalue weighted by atomic mass is 9.53. The van der Waals surface area contributed by atoms with E-state index < -0.39 is 0 Å². The number of likely N-dealkylation sites (tertiary alicyclic amines) is 1. The Hall–Kier alpha value is -1.06. The zero-order valence-corrected chi connectivity index (χ0v) is 17.5. The van der Waals surface area contributed by atoms with Crippen molar-refractivity contribution in [1.82, 2.24) is 10.2 Å². The molecule has 4 nitrogen and oxygen atoms in total. The highest BCUT2D eigenvalue weighted by molar-refractivity contribution is 5.79. The Bertz CT molecular complexity index is 578. The summed E-state index contributed by atoms with van der Waals surface area (Å²) >= 11 is 0. The quantitative estimate of drug-likeness (QED) is 0.760. The predicted molar refractivity (Wildman–Crippen MR) is 110 cm³/mol. The second-order valence-electron chi connectivity index (χ2n) is 10.9. The van der Waals surface area contributed by atoms with Gasteiger partial charge in [0.1, 0.15) is 0 Å². The van der Waals surface area contributed by atoms with Crippen LogP contribution in [-0.4, -0.2) is 34.8 Å². The Morgan fingerprint density at radius 1 is 0.857 bits per heavy atom. The standard InChI is InChI=1S/C24H38N2O2/c27-22(25-24-14-17-11-18(15-24)13-19(12-17)16-24)8-3-9-23(28)26-10-4-6-20-5-1-2-7-21(20)26/h17-21H,1-16H2,(H,25,27). The average molecular weight is 387 g/mol. The summed E-state index contributed by atoms with van der Waals surface area (Å²) in [7, 11) is 0. The van der Waals surface area contributed by atoms with E-state index in [1.165, 1.54) is 77.0 Å². The van der Waals surface area contributed by atoms with Crippen LogP contribution in [-0.2, 0) is 9.59 Å². The van der Waals surface area contributed by atoms with E-state index in [1.807, 2.05) is 0 Å². The Labute approximate surface area is 170 Å². The molecule has 6 aliphatic rings. The first kappa shape index (κ1) is 18.9. The Morgan fingerprint density at radius 3 is 2.21 bits per heavy atom. The van der Waals surface area contributed by atoms with Crippen LogP contribution in [0.2, 0.25) is 0 Å². The van der Waals surface area contributed by atoms with E-state index in [0.29, 0.717) is 31.2 Å². The van der Waals surface area contributed by atoms with Gasteiger partial charge in [-0.3, -0.25) is 9.59 Å². The Morgan fingerprint density at radius 2 is 1.50 bits per heavy atom. The van der Waals surface area contributed by atoms with Crippen LogP contribution in [0.25, 0.3) is 0 Å². The molecule has 4 heteroatoms. The lowest BCUT2D eigenvalue weighted by molar-refractivity contribution is -0.137. The fraction of sp³-hybridized carbons (Fsp3) is 0.917. The number of fused-ring (bicyclic) bond motifs is 1. The van der Waals surface area contributed by atoms with Crippen LogP contribution >= 0.6 is 0 Å². The molecule has 6 rings (SSSR count). The van der Waals surface area contributed by atoms with Gasteiger partial charge in [-0.1, -0.05) is 12.8 Å². The summed E-state index contributed by atoms with van der Waals surface area (Å²) in [6.07, 6.45) is 17.2. The topological polar surface area (TPSA) is 49.4 Å². The monoisotopic (exact) mass is 386 g/mol. The third-order valence-electron chi connectivity index (χ3n) is 8.80. The molecule has 0 spiro atoms. The summed E-state index contributed by atoms with van der Waals surface area (Å²) in [6, 6.07) is 0.496. The fourth-order valence-electron chi connectivity index (χ4n) is 8.10. The number of nitrogens with zero attached hydrogens (tertiary/aromatic N) is 1. The van der Waals surface area contributed by atoms with E-state index in [-0.39, 0.29) is 11.4 Å². The van der Waals surface area contributed by atoms with Crippen molar-refractivity contribution in [3.8, 4) is 0 Å². The molecule has 0 aromatic rings. The summed E-state index contributed by atoms with van der Waals surface area (Å²) in [5.41, 5.74) is 0.109. The summed E-state index contributed by atoms with van der Waals surface area (Å²) in [4.78, 5) is 27.7. The molecule has 4 bridgehead atoms. The van der Waals surface area contributed by atoms with Gasteiger partial charge in [0.25, 0.3) is 0 Å². The van der Waals surface area contributed by atoms with Gasteiger partial charge in [0.2, 0.25) is 11.8 Å². The zero-order valence-electron chi connectivity index (χ0n) is 17.5. The number of carbonyl (C=O) groups is 2. The minimum atomic E-state index is 0.109. The van der Waals surface area contributed by atoms with Gasteiger partial charge in [-0.05, 0) is 94.3 Å². The molecule has 1 N–H and O–H groups in total. The zero-order chi connectivity index (χ0) is 19.1. The molecular weight excluding hydrogens is 348 g/mol. The molecule has 5 aliphatic carbocycles. The Balaban J connectivity index is 1.09. The summed E-state index contributed by atoms with van der Waals surface area (Å²) in [6.45, 7) is 0.944. The van der Waals surface area contributed by atoms with Crippen molar-refractivity contribution in [2.24, 2.45) is 23.7 Å². The van der Waals surface area contributed by atoms with Gasteiger partial charge in [0, 0.05) is 31.0 Å². The number of amides is 2. The minimum absolute atomic E-state index is 0.109. The summed E-state index contributed by atoms with van der Waals surface area (Å²) < 4.78 is 0. The van der Waals surface area contributed by atoms with Gasteiger partial charge < -0.3 is 10.2 Å². The van der Waals surface area contributed by atoms with E-state index in [1.54, 1.807) is 0 Å². The first-order valence-corrected chi connectivity index (χ1v) is 12.2. The molecular formula is C24H38N2O2. The highest BCUT2D eigenvalue weighted by atomic mass is 16.2. The maximum atomic E-state index is 12.8. The van der Waals surface area contributed by atoms with E-state index in [2.05, 4.69) is 10.2 Å². The lowest BCUT2D eigenvalue weighted by Gasteiger charge is -2.56. The highest BCUT2D eigenvalue weighted by Gasteiger charge is 2.51. The van der Waals surface area contributed by atoms with Crippen LogP contribution in [0.4, 0.5) is 0 Å². The largest absolute Gasteiger partial charge is 0.351 e. The number of hydrogen-bond acceptors (Lipinski definition) is 2. The van der Waals surface area contributed by atoms with Crippen LogP contribution in [0.5, 0.6) is 0 Å². The third kappa shape index (κ3) is 3.73. The number of rotatable bonds is 5. The van der Waals surface area contributed by atoms with Crippen molar-refractivity contribution in [3.63, 3.8) is 0 Å². The van der Waals surface area contributed by atoms with Gasteiger partial charge in [0.15, 0.2) is 0 Å². The lowest BCUT2D eigenvalue weighted by Crippen LogP contribution is -2.59. The number of carbonyl (C=O) groups excluding carboxylic acids is 2. The number of piperidine rings is 1. The van der Waals surface area contributed by atoms with Gasteiger partial charge in [-0.25, -0.2) is 0 Å². The molecule has 2 atom stereocenters. The minimum Gasteiger partial charge on any atom is -0.351 e. The average Bonchev–Trinajstić information content (AvgIpc) is 2.66. The molecule has 2 unspecified atom stereocenters. The van der Waals surface area contributed by atoms with Crippen molar-refractivity contribution in [2.75, 3.05) is 6.54 Å². The molecule has 28 heavy (non-hydrogen) atoms. The predicted octanol–water partition coefficient (Wildman–Crippen LogP) is 4.42. The molecule has 1 saturated heterocycles. The van der Waals surface area contributed by atoms with Gasteiger partial charge in [0.05, 0.1) is 0 Å². The fourth-order valence-corrected chi connectivity index (χ4v) is 8.10. The summed E-state index contributed by atoms with van der Waals surface area (Å²) in [5.74, 6) is 3.82. The van der Waals surface area contributed by atoms with E-state index in [0.717, 1.165) is 30.2 Å². The highest BCUT2D eigenvalue weighted by Crippen LogP contribution is 2.55. The van der Waals surface area contributed by atoms with Crippen molar-refractivity contribution >= 4 is 11.8 Å². The molecule has 0 aromatic heterocycles. The van der Waals surface area contributed by atoms with Gasteiger partial charge in [-0.15, -0.1) is 0 Å².